The van der Waals surface area contributed by atoms with Crippen molar-refractivity contribution in [3.63, 3.8) is 0 Å². The number of hydrogen-bond donors (Lipinski definition) is 2. The van der Waals surface area contributed by atoms with E-state index in [-0.39, 0.29) is 23.2 Å². The van der Waals surface area contributed by atoms with Crippen LogP contribution in [0.5, 0.6) is 0 Å². The summed E-state index contributed by atoms with van der Waals surface area (Å²) in [7, 11) is 0. The Hall–Kier alpha value is -2.83. The summed E-state index contributed by atoms with van der Waals surface area (Å²) in [4.78, 5) is 23.8. The van der Waals surface area contributed by atoms with Gasteiger partial charge in [-0.3, -0.25) is 9.59 Å². The lowest BCUT2D eigenvalue weighted by Crippen LogP contribution is -2.33. The van der Waals surface area contributed by atoms with Crippen molar-refractivity contribution in [3.05, 3.63) is 64.7 Å². The molecule has 0 bridgehead atoms. The van der Waals surface area contributed by atoms with Gasteiger partial charge in [0.2, 0.25) is 11.8 Å². The number of carbonyl (C=O) groups is 2. The van der Waals surface area contributed by atoms with E-state index < -0.39 is 29.0 Å². The molecule has 1 atom stereocenters. The lowest BCUT2D eigenvalue weighted by atomic mass is 9.77. The molecule has 0 fully saturated rings. The molecule has 0 saturated carbocycles. The maximum Gasteiger partial charge on any atom is 0.418 e. The lowest BCUT2D eigenvalue weighted by molar-refractivity contribution is -0.136. The zero-order valence-electron chi connectivity index (χ0n) is 13.3. The van der Waals surface area contributed by atoms with Gasteiger partial charge in [-0.25, -0.2) is 0 Å². The van der Waals surface area contributed by atoms with Crippen molar-refractivity contribution in [2.75, 3.05) is 5.32 Å². The van der Waals surface area contributed by atoms with Crippen LogP contribution >= 0.6 is 0 Å². The molecule has 0 saturated heterocycles. The van der Waals surface area contributed by atoms with E-state index in [1.54, 1.807) is 31.2 Å². The fraction of sp³-hybridized carbons (Fsp3) is 0.222. The Labute approximate surface area is 141 Å². The third-order valence-corrected chi connectivity index (χ3v) is 4.47. The molecule has 2 aromatic rings. The molecule has 0 aromatic heterocycles. The number of carbonyl (C=O) groups excluding carboxylic acids is 2. The van der Waals surface area contributed by atoms with Crippen molar-refractivity contribution < 1.29 is 22.8 Å². The Morgan fingerprint density at radius 1 is 1.20 bits per heavy atom. The molecular formula is C18H15F3N2O2. The largest absolute Gasteiger partial charge is 0.418 e. The first-order valence-electron chi connectivity index (χ1n) is 7.54. The predicted molar refractivity (Wildman–Crippen MR) is 86.1 cm³/mol. The number of para-hydroxylation sites is 1. The zero-order chi connectivity index (χ0) is 18.4. The molecule has 0 spiro atoms. The van der Waals surface area contributed by atoms with Crippen molar-refractivity contribution in [1.82, 2.24) is 0 Å². The number of anilines is 1. The third-order valence-electron chi connectivity index (χ3n) is 4.47. The second-order valence-electron chi connectivity index (χ2n) is 6.25. The van der Waals surface area contributed by atoms with Gasteiger partial charge < -0.3 is 11.1 Å². The lowest BCUT2D eigenvalue weighted by Gasteiger charge is -2.23. The molecular weight excluding hydrogens is 333 g/mol. The van der Waals surface area contributed by atoms with Crippen LogP contribution in [0.3, 0.4) is 0 Å². The molecule has 1 unspecified atom stereocenters. The van der Waals surface area contributed by atoms with E-state index in [1.165, 1.54) is 12.1 Å². The standard InChI is InChI=1S/C18H15F3N2O2/c1-17(9-10-4-2-5-11(8-10)15(22)24)12-6-3-7-13(18(19,20)21)14(12)23-16(17)25/h2-8H,9H2,1H3,(H2,22,24)(H,23,25). The summed E-state index contributed by atoms with van der Waals surface area (Å²) in [5, 5.41) is 2.37. The number of fused-ring (bicyclic) bond motifs is 1. The Kier molecular flexibility index (Phi) is 3.82. The summed E-state index contributed by atoms with van der Waals surface area (Å²) in [5.41, 5.74) is 4.22. The first-order valence-corrected chi connectivity index (χ1v) is 7.54. The molecule has 2 aromatic carbocycles. The van der Waals surface area contributed by atoms with Crippen molar-refractivity contribution >= 4 is 17.5 Å². The van der Waals surface area contributed by atoms with Crippen LogP contribution in [0.1, 0.15) is 34.0 Å². The zero-order valence-corrected chi connectivity index (χ0v) is 13.3. The number of primary amides is 1. The summed E-state index contributed by atoms with van der Waals surface area (Å²) in [6, 6.07) is 10.2. The normalized spacial score (nSPS) is 19.4. The minimum atomic E-state index is -4.56. The van der Waals surface area contributed by atoms with E-state index >= 15 is 0 Å². The molecule has 25 heavy (non-hydrogen) atoms. The fourth-order valence-electron chi connectivity index (χ4n) is 3.18. The van der Waals surface area contributed by atoms with Gasteiger partial charge in [0.15, 0.2) is 0 Å². The maximum atomic E-state index is 13.2. The van der Waals surface area contributed by atoms with E-state index in [9.17, 15) is 22.8 Å². The maximum absolute atomic E-state index is 13.2. The number of benzene rings is 2. The Balaban J connectivity index is 2.05. The van der Waals surface area contributed by atoms with Gasteiger partial charge in [-0.1, -0.05) is 24.3 Å². The molecule has 0 aliphatic carbocycles. The SMILES string of the molecule is CC1(Cc2cccc(C(N)=O)c2)C(=O)Nc2c(C(F)(F)F)cccc21. The number of rotatable bonds is 3. The summed E-state index contributed by atoms with van der Waals surface area (Å²) >= 11 is 0. The average Bonchev–Trinajstić information content (AvgIpc) is 2.77. The number of amides is 2. The number of hydrogen-bond acceptors (Lipinski definition) is 2. The van der Waals surface area contributed by atoms with Crippen molar-refractivity contribution in [2.45, 2.75) is 24.9 Å². The minimum Gasteiger partial charge on any atom is -0.366 e. The van der Waals surface area contributed by atoms with Crippen LogP contribution in [-0.2, 0) is 22.8 Å². The first-order chi connectivity index (χ1) is 11.6. The summed E-state index contributed by atoms with van der Waals surface area (Å²) in [5.74, 6) is -1.12. The van der Waals surface area contributed by atoms with Gasteiger partial charge in [0, 0.05) is 5.56 Å². The number of nitrogens with one attached hydrogen (secondary N) is 1. The minimum absolute atomic E-state index is 0.147. The van der Waals surface area contributed by atoms with Crippen LogP contribution in [0.15, 0.2) is 42.5 Å². The quantitative estimate of drug-likeness (QED) is 0.894. The smallest absolute Gasteiger partial charge is 0.366 e. The Bertz CT molecular complexity index is 877. The van der Waals surface area contributed by atoms with E-state index in [0.29, 0.717) is 5.56 Å². The van der Waals surface area contributed by atoms with Crippen molar-refractivity contribution in [3.8, 4) is 0 Å². The predicted octanol–water partition coefficient (Wildman–Crippen LogP) is 3.26. The fourth-order valence-corrected chi connectivity index (χ4v) is 3.18. The van der Waals surface area contributed by atoms with Gasteiger partial charge in [0.25, 0.3) is 0 Å². The highest BCUT2D eigenvalue weighted by Crippen LogP contribution is 2.46. The van der Waals surface area contributed by atoms with Crippen LogP contribution in [0.2, 0.25) is 0 Å². The highest BCUT2D eigenvalue weighted by molar-refractivity contribution is 6.07. The van der Waals surface area contributed by atoms with Crippen molar-refractivity contribution in [1.29, 1.82) is 0 Å². The molecule has 1 aliphatic rings. The molecule has 3 N–H and O–H groups in total. The highest BCUT2D eigenvalue weighted by Gasteiger charge is 2.47. The molecule has 0 radical (unpaired) electrons. The van der Waals surface area contributed by atoms with Gasteiger partial charge in [0.05, 0.1) is 16.7 Å². The first kappa shape index (κ1) is 17.0. The van der Waals surface area contributed by atoms with E-state index in [1.807, 2.05) is 0 Å². The second-order valence-corrected chi connectivity index (χ2v) is 6.25. The molecule has 4 nitrogen and oxygen atoms in total. The Morgan fingerprint density at radius 3 is 2.52 bits per heavy atom. The average molecular weight is 348 g/mol. The highest BCUT2D eigenvalue weighted by atomic mass is 19.4. The topological polar surface area (TPSA) is 72.2 Å². The van der Waals surface area contributed by atoms with Crippen LogP contribution in [-0.4, -0.2) is 11.8 Å². The van der Waals surface area contributed by atoms with Crippen molar-refractivity contribution in [2.24, 2.45) is 5.73 Å². The summed E-state index contributed by atoms with van der Waals surface area (Å²) in [6.07, 6.45) is -4.41. The number of alkyl halides is 3. The van der Waals surface area contributed by atoms with Crippen LogP contribution < -0.4 is 11.1 Å². The third kappa shape index (κ3) is 2.86. The summed E-state index contributed by atoms with van der Waals surface area (Å²) < 4.78 is 39.6. The van der Waals surface area contributed by atoms with Gasteiger partial charge in [-0.15, -0.1) is 0 Å². The number of halogens is 3. The molecule has 1 heterocycles. The molecule has 130 valence electrons. The van der Waals surface area contributed by atoms with Crippen LogP contribution in [0.4, 0.5) is 18.9 Å². The van der Waals surface area contributed by atoms with Gasteiger partial charge >= 0.3 is 6.18 Å². The molecule has 1 aliphatic heterocycles. The molecule has 2 amide bonds. The monoisotopic (exact) mass is 348 g/mol. The van der Waals surface area contributed by atoms with Crippen LogP contribution in [0.25, 0.3) is 0 Å². The van der Waals surface area contributed by atoms with Crippen LogP contribution in [0, 0.1) is 0 Å². The second kappa shape index (κ2) is 5.61. The Morgan fingerprint density at radius 2 is 1.88 bits per heavy atom. The van der Waals surface area contributed by atoms with Gasteiger partial charge in [0.1, 0.15) is 0 Å². The van der Waals surface area contributed by atoms with E-state index in [0.717, 1.165) is 6.07 Å². The molecule has 3 rings (SSSR count). The van der Waals surface area contributed by atoms with E-state index in [4.69, 9.17) is 5.73 Å². The van der Waals surface area contributed by atoms with Gasteiger partial charge in [-0.2, -0.15) is 13.2 Å². The number of nitrogens with two attached hydrogens (primary N) is 1. The molecule has 7 heteroatoms. The summed E-state index contributed by atoms with van der Waals surface area (Å²) in [6.45, 7) is 1.59. The van der Waals surface area contributed by atoms with Gasteiger partial charge in [-0.05, 0) is 42.7 Å². The van der Waals surface area contributed by atoms with E-state index in [2.05, 4.69) is 5.32 Å².